The van der Waals surface area contributed by atoms with Crippen molar-refractivity contribution < 1.29 is 4.39 Å². The van der Waals surface area contributed by atoms with Crippen LogP contribution in [0.25, 0.3) is 0 Å². The number of nitrogens with one attached hydrogen (secondary N) is 1. The lowest BCUT2D eigenvalue weighted by molar-refractivity contribution is 0.227. The second kappa shape index (κ2) is 3.87. The van der Waals surface area contributed by atoms with Gasteiger partial charge in [-0.3, -0.25) is 4.90 Å². The largest absolute Gasteiger partial charge is 0.347 e. The molecule has 1 N–H and O–H groups in total. The number of likely N-dealkylation sites (tertiary alicyclic amines) is 1. The average molecular weight is 183 g/mol. The number of aromatic amines is 1. The first kappa shape index (κ1) is 8.69. The van der Waals surface area contributed by atoms with Crippen LogP contribution in [0.2, 0.25) is 0 Å². The Bertz CT molecular complexity index is 247. The zero-order valence-electron chi connectivity index (χ0n) is 7.54. The van der Waals surface area contributed by atoms with Crippen molar-refractivity contribution in [1.82, 2.24) is 14.9 Å². The van der Waals surface area contributed by atoms with Crippen LogP contribution in [0.5, 0.6) is 0 Å². The highest BCUT2D eigenvalue weighted by atomic mass is 19.1. The first-order valence-electron chi connectivity index (χ1n) is 4.71. The molecule has 2 heterocycles. The summed E-state index contributed by atoms with van der Waals surface area (Å²) >= 11 is 0. The van der Waals surface area contributed by atoms with E-state index >= 15 is 0 Å². The average Bonchev–Trinajstić information content (AvgIpc) is 2.71. The summed E-state index contributed by atoms with van der Waals surface area (Å²) in [5.74, 6) is 0.978. The summed E-state index contributed by atoms with van der Waals surface area (Å²) in [6.07, 6.45) is 5.81. The van der Waals surface area contributed by atoms with Crippen LogP contribution in [0.3, 0.4) is 0 Å². The van der Waals surface area contributed by atoms with E-state index in [0.29, 0.717) is 12.6 Å². The fraction of sp³-hybridized carbons (Fsp3) is 0.667. The van der Waals surface area contributed by atoms with Gasteiger partial charge in [0.05, 0.1) is 6.04 Å². The molecule has 13 heavy (non-hydrogen) atoms. The van der Waals surface area contributed by atoms with Crippen molar-refractivity contribution in [2.45, 2.75) is 18.9 Å². The molecule has 3 nitrogen and oxygen atoms in total. The summed E-state index contributed by atoms with van der Waals surface area (Å²) in [4.78, 5) is 9.45. The molecular formula is C9H14FN3. The Morgan fingerprint density at radius 2 is 2.62 bits per heavy atom. The molecule has 0 saturated carbocycles. The fourth-order valence-corrected chi connectivity index (χ4v) is 1.97. The molecular weight excluding hydrogens is 169 g/mol. The summed E-state index contributed by atoms with van der Waals surface area (Å²) in [5.41, 5.74) is 0. The van der Waals surface area contributed by atoms with Gasteiger partial charge in [0.25, 0.3) is 0 Å². The van der Waals surface area contributed by atoms with E-state index in [-0.39, 0.29) is 6.67 Å². The number of halogens is 1. The van der Waals surface area contributed by atoms with E-state index in [9.17, 15) is 4.39 Å². The van der Waals surface area contributed by atoms with E-state index in [1.807, 2.05) is 6.20 Å². The van der Waals surface area contributed by atoms with Gasteiger partial charge in [-0.05, 0) is 19.4 Å². The zero-order chi connectivity index (χ0) is 9.10. The van der Waals surface area contributed by atoms with Crippen molar-refractivity contribution in [3.05, 3.63) is 18.2 Å². The highest BCUT2D eigenvalue weighted by Gasteiger charge is 2.26. The molecule has 72 valence electrons. The normalized spacial score (nSPS) is 23.9. The van der Waals surface area contributed by atoms with Gasteiger partial charge in [-0.1, -0.05) is 0 Å². The van der Waals surface area contributed by atoms with Gasteiger partial charge in [-0.25, -0.2) is 9.37 Å². The Labute approximate surface area is 77.0 Å². The van der Waals surface area contributed by atoms with Gasteiger partial charge in [0, 0.05) is 18.9 Å². The van der Waals surface area contributed by atoms with Crippen LogP contribution in [0, 0.1) is 0 Å². The van der Waals surface area contributed by atoms with Gasteiger partial charge >= 0.3 is 0 Å². The molecule has 0 aliphatic carbocycles. The van der Waals surface area contributed by atoms with Gasteiger partial charge in [0.2, 0.25) is 0 Å². The minimum absolute atomic E-state index is 0.267. The fourth-order valence-electron chi connectivity index (χ4n) is 1.97. The molecule has 0 spiro atoms. The highest BCUT2D eigenvalue weighted by molar-refractivity contribution is 4.99. The van der Waals surface area contributed by atoms with Crippen molar-refractivity contribution in [2.75, 3.05) is 19.8 Å². The van der Waals surface area contributed by atoms with Crippen LogP contribution in [-0.4, -0.2) is 34.6 Å². The third-order valence-electron chi connectivity index (χ3n) is 2.57. The molecule has 0 aromatic carbocycles. The van der Waals surface area contributed by atoms with Crippen molar-refractivity contribution in [2.24, 2.45) is 0 Å². The molecule has 1 aromatic heterocycles. The molecule has 1 fully saturated rings. The van der Waals surface area contributed by atoms with Crippen molar-refractivity contribution in [1.29, 1.82) is 0 Å². The van der Waals surface area contributed by atoms with Gasteiger partial charge in [-0.15, -0.1) is 0 Å². The summed E-state index contributed by atoms with van der Waals surface area (Å²) in [6.45, 7) is 1.26. The van der Waals surface area contributed by atoms with E-state index in [2.05, 4.69) is 14.9 Å². The Hall–Kier alpha value is -0.900. The minimum atomic E-state index is -0.267. The highest BCUT2D eigenvalue weighted by Crippen LogP contribution is 2.28. The first-order chi connectivity index (χ1) is 6.42. The predicted octanol–water partition coefficient (Wildman–Crippen LogP) is 1.52. The van der Waals surface area contributed by atoms with Gasteiger partial charge in [-0.2, -0.15) is 0 Å². The van der Waals surface area contributed by atoms with Crippen LogP contribution >= 0.6 is 0 Å². The van der Waals surface area contributed by atoms with Crippen LogP contribution < -0.4 is 0 Å². The second-order valence-electron chi connectivity index (χ2n) is 3.36. The molecule has 1 unspecified atom stereocenters. The number of aromatic nitrogens is 2. The minimum Gasteiger partial charge on any atom is -0.347 e. The number of nitrogens with zero attached hydrogens (tertiary/aromatic N) is 2. The molecule has 1 aliphatic rings. The Kier molecular flexibility index (Phi) is 2.59. The van der Waals surface area contributed by atoms with Crippen molar-refractivity contribution >= 4 is 0 Å². The number of alkyl halides is 1. The maximum absolute atomic E-state index is 12.2. The summed E-state index contributed by atoms with van der Waals surface area (Å²) < 4.78 is 12.2. The predicted molar refractivity (Wildman–Crippen MR) is 48.1 cm³/mol. The van der Waals surface area contributed by atoms with Crippen molar-refractivity contribution in [3.63, 3.8) is 0 Å². The van der Waals surface area contributed by atoms with Gasteiger partial charge in [0.15, 0.2) is 0 Å². The number of H-pyrrole nitrogens is 1. The smallest absolute Gasteiger partial charge is 0.123 e. The molecule has 2 rings (SSSR count). The van der Waals surface area contributed by atoms with Crippen LogP contribution in [0.4, 0.5) is 4.39 Å². The zero-order valence-corrected chi connectivity index (χ0v) is 7.54. The Morgan fingerprint density at radius 1 is 1.69 bits per heavy atom. The van der Waals surface area contributed by atoms with E-state index in [1.54, 1.807) is 6.20 Å². The topological polar surface area (TPSA) is 31.9 Å². The molecule has 0 amide bonds. The van der Waals surface area contributed by atoms with E-state index in [1.165, 1.54) is 0 Å². The molecule has 0 bridgehead atoms. The molecule has 1 atom stereocenters. The third-order valence-corrected chi connectivity index (χ3v) is 2.57. The van der Waals surface area contributed by atoms with E-state index in [4.69, 9.17) is 0 Å². The van der Waals surface area contributed by atoms with Gasteiger partial charge in [0.1, 0.15) is 12.5 Å². The molecule has 0 radical (unpaired) electrons. The van der Waals surface area contributed by atoms with E-state index < -0.39 is 0 Å². The standard InChI is InChI=1S/C9H14FN3/c10-3-7-13-6-1-2-8(13)9-11-4-5-12-9/h4-5,8H,1-3,6-7H2,(H,11,12). The Morgan fingerprint density at radius 3 is 3.31 bits per heavy atom. The number of hydrogen-bond donors (Lipinski definition) is 1. The third kappa shape index (κ3) is 1.72. The molecule has 1 saturated heterocycles. The maximum Gasteiger partial charge on any atom is 0.123 e. The molecule has 1 aliphatic heterocycles. The van der Waals surface area contributed by atoms with Crippen LogP contribution in [-0.2, 0) is 0 Å². The monoisotopic (exact) mass is 183 g/mol. The Balaban J connectivity index is 2.05. The van der Waals surface area contributed by atoms with E-state index in [0.717, 1.165) is 25.2 Å². The van der Waals surface area contributed by atoms with Crippen molar-refractivity contribution in [3.8, 4) is 0 Å². The molecule has 4 heteroatoms. The summed E-state index contributed by atoms with van der Waals surface area (Å²) in [5, 5.41) is 0. The van der Waals surface area contributed by atoms with Crippen LogP contribution in [0.1, 0.15) is 24.7 Å². The molecule has 1 aromatic rings. The number of imidazole rings is 1. The number of rotatable bonds is 3. The summed E-state index contributed by atoms with van der Waals surface area (Å²) in [7, 11) is 0. The lowest BCUT2D eigenvalue weighted by atomic mass is 10.2. The SMILES string of the molecule is FCCN1CCCC1c1ncc[nH]1. The second-order valence-corrected chi connectivity index (χ2v) is 3.36. The quantitative estimate of drug-likeness (QED) is 0.770. The van der Waals surface area contributed by atoms with Gasteiger partial charge < -0.3 is 4.98 Å². The lowest BCUT2D eigenvalue weighted by Gasteiger charge is -2.20. The first-order valence-corrected chi connectivity index (χ1v) is 4.71. The maximum atomic E-state index is 12.2. The van der Waals surface area contributed by atoms with Crippen LogP contribution in [0.15, 0.2) is 12.4 Å². The summed E-state index contributed by atoms with van der Waals surface area (Å²) in [6, 6.07) is 0.311. The lowest BCUT2D eigenvalue weighted by Crippen LogP contribution is -2.26. The number of hydrogen-bond acceptors (Lipinski definition) is 2.